The lowest BCUT2D eigenvalue weighted by Crippen LogP contribution is -2.27. The fraction of sp³-hybridized carbons (Fsp3) is 0.304. The van der Waals surface area contributed by atoms with Gasteiger partial charge in [-0.25, -0.2) is 4.98 Å². The molecule has 0 saturated heterocycles. The van der Waals surface area contributed by atoms with Crippen molar-refractivity contribution in [2.45, 2.75) is 46.3 Å². The third-order valence-corrected chi connectivity index (χ3v) is 3.78. The molecule has 0 fully saturated rings. The van der Waals surface area contributed by atoms with Crippen molar-refractivity contribution in [2.24, 2.45) is 0 Å². The molecular weight excluding hydrogens is 348 g/mol. The fourth-order valence-electron chi connectivity index (χ4n) is 2.70. The number of anilines is 3. The zero-order valence-electron chi connectivity index (χ0n) is 17.2. The fourth-order valence-corrected chi connectivity index (χ4v) is 2.70. The number of rotatable bonds is 6. The molecule has 2 N–H and O–H groups in total. The van der Waals surface area contributed by atoms with E-state index in [4.69, 9.17) is 9.72 Å². The summed E-state index contributed by atoms with van der Waals surface area (Å²) in [5, 5.41) is 6.74. The molecule has 0 spiro atoms. The molecule has 5 heteroatoms. The van der Waals surface area contributed by atoms with Gasteiger partial charge in [-0.05, 0) is 58.9 Å². The molecule has 0 aliphatic rings. The average molecular weight is 377 g/mol. The molecule has 3 rings (SSSR count). The van der Waals surface area contributed by atoms with Crippen molar-refractivity contribution in [1.29, 1.82) is 0 Å². The van der Waals surface area contributed by atoms with Crippen molar-refractivity contribution < 1.29 is 4.74 Å². The molecule has 0 aliphatic carbocycles. The molecular formula is C23H28N4O. The van der Waals surface area contributed by atoms with E-state index in [1.165, 1.54) is 0 Å². The van der Waals surface area contributed by atoms with Gasteiger partial charge in [-0.15, -0.1) is 0 Å². The standard InChI is InChI=1S/C23H28N4O/c1-16(2)28-19-13-11-18(12-14-19)24-21-15-20(17-9-7-6-8-10-17)25-22(26-21)27-23(3,4)5/h6-16H,1-5H3,(H2,24,25,26,27). The summed E-state index contributed by atoms with van der Waals surface area (Å²) in [5.41, 5.74) is 2.72. The van der Waals surface area contributed by atoms with Gasteiger partial charge in [0.1, 0.15) is 11.6 Å². The first-order chi connectivity index (χ1) is 13.3. The minimum atomic E-state index is -0.136. The van der Waals surface area contributed by atoms with Crippen LogP contribution in [0.4, 0.5) is 17.5 Å². The largest absolute Gasteiger partial charge is 0.491 e. The molecule has 0 atom stereocenters. The first-order valence-corrected chi connectivity index (χ1v) is 9.55. The van der Waals surface area contributed by atoms with Crippen molar-refractivity contribution in [2.75, 3.05) is 10.6 Å². The quantitative estimate of drug-likeness (QED) is 0.562. The number of ether oxygens (including phenoxy) is 1. The molecule has 0 bridgehead atoms. The van der Waals surface area contributed by atoms with Crippen LogP contribution in [0.3, 0.4) is 0 Å². The molecule has 0 saturated carbocycles. The van der Waals surface area contributed by atoms with Gasteiger partial charge in [0, 0.05) is 22.9 Å². The summed E-state index contributed by atoms with van der Waals surface area (Å²) >= 11 is 0. The van der Waals surface area contributed by atoms with Crippen molar-refractivity contribution in [3.63, 3.8) is 0 Å². The summed E-state index contributed by atoms with van der Waals surface area (Å²) in [6, 6.07) is 19.9. The van der Waals surface area contributed by atoms with Crippen LogP contribution < -0.4 is 15.4 Å². The molecule has 1 aromatic heterocycles. The highest BCUT2D eigenvalue weighted by Gasteiger charge is 2.14. The summed E-state index contributed by atoms with van der Waals surface area (Å²) < 4.78 is 5.71. The molecule has 28 heavy (non-hydrogen) atoms. The van der Waals surface area contributed by atoms with E-state index in [-0.39, 0.29) is 11.6 Å². The molecule has 3 aromatic rings. The van der Waals surface area contributed by atoms with E-state index in [1.54, 1.807) is 0 Å². The van der Waals surface area contributed by atoms with Crippen LogP contribution in [0.15, 0.2) is 60.7 Å². The van der Waals surface area contributed by atoms with Crippen LogP contribution in [0, 0.1) is 0 Å². The first-order valence-electron chi connectivity index (χ1n) is 9.55. The van der Waals surface area contributed by atoms with Crippen LogP contribution >= 0.6 is 0 Å². The SMILES string of the molecule is CC(C)Oc1ccc(Nc2cc(-c3ccccc3)nc(NC(C)(C)C)n2)cc1. The van der Waals surface area contributed by atoms with Crippen LogP contribution in [-0.2, 0) is 0 Å². The number of hydrogen-bond donors (Lipinski definition) is 2. The summed E-state index contributed by atoms with van der Waals surface area (Å²) in [7, 11) is 0. The smallest absolute Gasteiger partial charge is 0.225 e. The average Bonchev–Trinajstić information content (AvgIpc) is 2.62. The zero-order chi connectivity index (χ0) is 20.1. The van der Waals surface area contributed by atoms with Crippen molar-refractivity contribution in [3.8, 4) is 17.0 Å². The summed E-state index contributed by atoms with van der Waals surface area (Å²) in [6.07, 6.45) is 0.153. The molecule has 0 unspecified atom stereocenters. The Morgan fingerprint density at radius 3 is 2.18 bits per heavy atom. The zero-order valence-corrected chi connectivity index (χ0v) is 17.2. The number of nitrogens with one attached hydrogen (secondary N) is 2. The number of aromatic nitrogens is 2. The lowest BCUT2D eigenvalue weighted by Gasteiger charge is -2.21. The van der Waals surface area contributed by atoms with E-state index in [1.807, 2.05) is 74.5 Å². The first kappa shape index (κ1) is 19.7. The maximum absolute atomic E-state index is 5.71. The van der Waals surface area contributed by atoms with Crippen LogP contribution in [0.5, 0.6) is 5.75 Å². The molecule has 0 aliphatic heterocycles. The topological polar surface area (TPSA) is 59.1 Å². The summed E-state index contributed by atoms with van der Waals surface area (Å²) in [4.78, 5) is 9.34. The highest BCUT2D eigenvalue weighted by Crippen LogP contribution is 2.25. The van der Waals surface area contributed by atoms with Crippen LogP contribution in [0.25, 0.3) is 11.3 Å². The number of benzene rings is 2. The second-order valence-electron chi connectivity index (χ2n) is 8.02. The maximum atomic E-state index is 5.71. The van der Waals surface area contributed by atoms with Gasteiger partial charge >= 0.3 is 0 Å². The van der Waals surface area contributed by atoms with E-state index in [2.05, 4.69) is 36.4 Å². The maximum Gasteiger partial charge on any atom is 0.225 e. The third kappa shape index (κ3) is 5.71. The number of hydrogen-bond acceptors (Lipinski definition) is 5. The minimum Gasteiger partial charge on any atom is -0.491 e. The van der Waals surface area contributed by atoms with Crippen molar-refractivity contribution in [3.05, 3.63) is 60.7 Å². The van der Waals surface area contributed by atoms with Gasteiger partial charge in [0.2, 0.25) is 5.95 Å². The van der Waals surface area contributed by atoms with E-state index in [0.29, 0.717) is 5.95 Å². The Bertz CT molecular complexity index is 900. The van der Waals surface area contributed by atoms with Gasteiger partial charge in [0.15, 0.2) is 0 Å². The van der Waals surface area contributed by atoms with Gasteiger partial charge in [0.25, 0.3) is 0 Å². The highest BCUT2D eigenvalue weighted by atomic mass is 16.5. The lowest BCUT2D eigenvalue weighted by atomic mass is 10.1. The molecule has 0 radical (unpaired) electrons. The van der Waals surface area contributed by atoms with Crippen LogP contribution in [-0.4, -0.2) is 21.6 Å². The number of nitrogens with zero attached hydrogens (tertiary/aromatic N) is 2. The Kier molecular flexibility index (Phi) is 5.83. The van der Waals surface area contributed by atoms with E-state index < -0.39 is 0 Å². The predicted molar refractivity (Wildman–Crippen MR) is 116 cm³/mol. The predicted octanol–water partition coefficient (Wildman–Crippen LogP) is 5.88. The monoisotopic (exact) mass is 376 g/mol. The normalized spacial score (nSPS) is 11.4. The van der Waals surface area contributed by atoms with Gasteiger partial charge in [-0.1, -0.05) is 30.3 Å². The molecule has 2 aromatic carbocycles. The van der Waals surface area contributed by atoms with Gasteiger partial charge in [0.05, 0.1) is 11.8 Å². The second-order valence-corrected chi connectivity index (χ2v) is 8.02. The lowest BCUT2D eigenvalue weighted by molar-refractivity contribution is 0.242. The van der Waals surface area contributed by atoms with E-state index >= 15 is 0 Å². The second kappa shape index (κ2) is 8.30. The minimum absolute atomic E-state index is 0.136. The third-order valence-electron chi connectivity index (χ3n) is 3.78. The van der Waals surface area contributed by atoms with Gasteiger partial charge < -0.3 is 15.4 Å². The molecule has 1 heterocycles. The summed E-state index contributed by atoms with van der Waals surface area (Å²) in [6.45, 7) is 10.3. The van der Waals surface area contributed by atoms with E-state index in [9.17, 15) is 0 Å². The molecule has 0 amide bonds. The van der Waals surface area contributed by atoms with Crippen LogP contribution in [0.2, 0.25) is 0 Å². The highest BCUT2D eigenvalue weighted by molar-refractivity contribution is 5.67. The molecule has 5 nitrogen and oxygen atoms in total. The Hall–Kier alpha value is -3.08. The Morgan fingerprint density at radius 2 is 1.57 bits per heavy atom. The van der Waals surface area contributed by atoms with Gasteiger partial charge in [-0.3, -0.25) is 0 Å². The summed E-state index contributed by atoms with van der Waals surface area (Å²) in [5.74, 6) is 2.18. The van der Waals surface area contributed by atoms with Crippen LogP contribution in [0.1, 0.15) is 34.6 Å². The Balaban J connectivity index is 1.89. The molecule has 146 valence electrons. The van der Waals surface area contributed by atoms with Gasteiger partial charge in [-0.2, -0.15) is 4.98 Å². The van der Waals surface area contributed by atoms with Crippen molar-refractivity contribution in [1.82, 2.24) is 9.97 Å². The van der Waals surface area contributed by atoms with Crippen molar-refractivity contribution >= 4 is 17.5 Å². The Labute approximate surface area is 167 Å². The van der Waals surface area contributed by atoms with E-state index in [0.717, 1.165) is 28.5 Å². The Morgan fingerprint density at radius 1 is 0.893 bits per heavy atom.